The Kier molecular flexibility index (Phi) is 6.92. The Balaban J connectivity index is 2.56. The van der Waals surface area contributed by atoms with Crippen molar-refractivity contribution in [2.45, 2.75) is 51.9 Å². The molecule has 0 aliphatic heterocycles. The van der Waals surface area contributed by atoms with Crippen LogP contribution in [0.5, 0.6) is 0 Å². The summed E-state index contributed by atoms with van der Waals surface area (Å²) in [5, 5.41) is 0. The summed E-state index contributed by atoms with van der Waals surface area (Å²) in [5.41, 5.74) is 0.708. The maximum atomic E-state index is 14.0. The molecular weight excluding hydrogens is 230 g/mol. The lowest BCUT2D eigenvalue weighted by Crippen LogP contribution is -2.06. The molecule has 0 bridgehead atoms. The summed E-state index contributed by atoms with van der Waals surface area (Å²) in [6, 6.07) is 0. The zero-order valence-electron chi connectivity index (χ0n) is 11.4. The Morgan fingerprint density at radius 2 is 1.94 bits per heavy atom. The number of rotatable bonds is 6. The summed E-state index contributed by atoms with van der Waals surface area (Å²) in [7, 11) is 0. The van der Waals surface area contributed by atoms with Gasteiger partial charge in [-0.3, -0.25) is 0 Å². The van der Waals surface area contributed by atoms with Crippen molar-refractivity contribution in [1.29, 1.82) is 0 Å². The van der Waals surface area contributed by atoms with Crippen LogP contribution in [-0.4, -0.2) is 6.67 Å². The predicted molar refractivity (Wildman–Crippen MR) is 73.9 cm³/mol. The van der Waals surface area contributed by atoms with E-state index in [1.165, 1.54) is 38.2 Å². The summed E-state index contributed by atoms with van der Waals surface area (Å²) in [5.74, 6) is 0.310. The second-order valence-corrected chi connectivity index (χ2v) is 5.03. The second-order valence-electron chi connectivity index (χ2n) is 5.03. The van der Waals surface area contributed by atoms with Gasteiger partial charge in [0.15, 0.2) is 0 Å². The maximum absolute atomic E-state index is 14.0. The van der Waals surface area contributed by atoms with E-state index < -0.39 is 12.5 Å². The first-order valence-corrected chi connectivity index (χ1v) is 6.95. The molecule has 18 heavy (non-hydrogen) atoms. The summed E-state index contributed by atoms with van der Waals surface area (Å²) in [4.78, 5) is 0. The topological polar surface area (TPSA) is 0 Å². The minimum Gasteiger partial charge on any atom is -0.246 e. The lowest BCUT2D eigenvalue weighted by atomic mass is 9.85. The third-order valence-electron chi connectivity index (χ3n) is 3.85. The Labute approximate surface area is 109 Å². The predicted octanol–water partition coefficient (Wildman–Crippen LogP) is 5.67. The molecule has 0 saturated heterocycles. The fourth-order valence-corrected chi connectivity index (χ4v) is 2.63. The SMILES string of the molecule is C=C/C(CF)=C(F)\C(=C/C)CCC1CCCCC1. The molecule has 0 N–H and O–H groups in total. The van der Waals surface area contributed by atoms with E-state index in [-0.39, 0.29) is 5.57 Å². The molecule has 0 nitrogen and oxygen atoms in total. The Hall–Kier alpha value is -0.920. The molecule has 0 radical (unpaired) electrons. The normalized spacial score (nSPS) is 19.6. The van der Waals surface area contributed by atoms with E-state index in [0.717, 1.165) is 12.3 Å². The van der Waals surface area contributed by atoms with E-state index >= 15 is 0 Å². The van der Waals surface area contributed by atoms with Gasteiger partial charge in [0.2, 0.25) is 0 Å². The number of allylic oxidation sites excluding steroid dienone is 5. The standard InChI is InChI=1S/C16H24F2/c1-3-14(16(18)15(4-2)12-17)11-10-13-8-6-5-7-9-13/h3-4,13H,2,5-12H2,1H3/b14-3-,16-15-. The molecule has 1 aliphatic rings. The van der Waals surface area contributed by atoms with E-state index in [1.807, 2.05) is 6.92 Å². The van der Waals surface area contributed by atoms with E-state index in [1.54, 1.807) is 6.08 Å². The first kappa shape index (κ1) is 15.1. The van der Waals surface area contributed by atoms with Crippen LogP contribution < -0.4 is 0 Å². The average molecular weight is 254 g/mol. The van der Waals surface area contributed by atoms with E-state index in [4.69, 9.17) is 0 Å². The van der Waals surface area contributed by atoms with Gasteiger partial charge in [-0.15, -0.1) is 0 Å². The molecule has 0 heterocycles. The maximum Gasteiger partial charge on any atom is 0.131 e. The average Bonchev–Trinajstić information content (AvgIpc) is 2.42. The van der Waals surface area contributed by atoms with Gasteiger partial charge >= 0.3 is 0 Å². The second kappa shape index (κ2) is 8.23. The fourth-order valence-electron chi connectivity index (χ4n) is 2.63. The van der Waals surface area contributed by atoms with Gasteiger partial charge in [0, 0.05) is 5.57 Å². The van der Waals surface area contributed by atoms with Crippen LogP contribution in [0.3, 0.4) is 0 Å². The van der Waals surface area contributed by atoms with Crippen LogP contribution in [0.1, 0.15) is 51.9 Å². The van der Waals surface area contributed by atoms with Gasteiger partial charge in [0.25, 0.3) is 0 Å². The van der Waals surface area contributed by atoms with Gasteiger partial charge in [0.05, 0.1) is 0 Å². The zero-order chi connectivity index (χ0) is 13.4. The van der Waals surface area contributed by atoms with Gasteiger partial charge in [-0.25, -0.2) is 8.78 Å². The summed E-state index contributed by atoms with van der Waals surface area (Å²) in [6.45, 7) is 4.49. The third kappa shape index (κ3) is 4.40. The van der Waals surface area contributed by atoms with Crippen molar-refractivity contribution in [2.75, 3.05) is 6.67 Å². The first-order valence-electron chi connectivity index (χ1n) is 6.95. The van der Waals surface area contributed by atoms with Crippen molar-refractivity contribution in [1.82, 2.24) is 0 Å². The highest BCUT2D eigenvalue weighted by Crippen LogP contribution is 2.31. The van der Waals surface area contributed by atoms with Crippen LogP contribution in [0.4, 0.5) is 8.78 Å². The molecule has 0 unspecified atom stereocenters. The number of alkyl halides is 1. The fraction of sp³-hybridized carbons (Fsp3) is 0.625. The van der Waals surface area contributed by atoms with Crippen LogP contribution in [-0.2, 0) is 0 Å². The summed E-state index contributed by atoms with van der Waals surface area (Å²) >= 11 is 0. The van der Waals surface area contributed by atoms with Crippen molar-refractivity contribution in [3.8, 4) is 0 Å². The minimum atomic E-state index is -0.782. The molecular formula is C16H24F2. The van der Waals surface area contributed by atoms with E-state index in [9.17, 15) is 8.78 Å². The molecule has 1 saturated carbocycles. The van der Waals surface area contributed by atoms with Crippen LogP contribution in [0.15, 0.2) is 35.7 Å². The van der Waals surface area contributed by atoms with Crippen molar-refractivity contribution in [2.24, 2.45) is 5.92 Å². The Morgan fingerprint density at radius 1 is 1.28 bits per heavy atom. The first-order chi connectivity index (χ1) is 8.72. The van der Waals surface area contributed by atoms with Crippen LogP contribution in [0.25, 0.3) is 0 Å². The van der Waals surface area contributed by atoms with Crippen molar-refractivity contribution in [3.63, 3.8) is 0 Å². The number of hydrogen-bond donors (Lipinski definition) is 0. The monoisotopic (exact) mass is 254 g/mol. The molecule has 1 aliphatic carbocycles. The molecule has 2 heteroatoms. The highest BCUT2D eigenvalue weighted by atomic mass is 19.1. The third-order valence-corrected chi connectivity index (χ3v) is 3.85. The molecule has 0 spiro atoms. The molecule has 0 aromatic carbocycles. The molecule has 1 fully saturated rings. The lowest BCUT2D eigenvalue weighted by molar-refractivity contribution is 0.338. The Morgan fingerprint density at radius 3 is 2.44 bits per heavy atom. The van der Waals surface area contributed by atoms with Crippen LogP contribution in [0.2, 0.25) is 0 Å². The van der Waals surface area contributed by atoms with Gasteiger partial charge in [-0.2, -0.15) is 0 Å². The smallest absolute Gasteiger partial charge is 0.131 e. The van der Waals surface area contributed by atoms with Crippen molar-refractivity contribution in [3.05, 3.63) is 35.7 Å². The number of hydrogen-bond acceptors (Lipinski definition) is 0. The van der Waals surface area contributed by atoms with Gasteiger partial charge in [-0.1, -0.05) is 50.8 Å². The minimum absolute atomic E-state index is 0.0757. The molecule has 1 rings (SSSR count). The van der Waals surface area contributed by atoms with Gasteiger partial charge < -0.3 is 0 Å². The molecule has 0 aromatic rings. The molecule has 0 aromatic heterocycles. The highest BCUT2D eigenvalue weighted by molar-refractivity contribution is 5.35. The molecule has 0 atom stereocenters. The van der Waals surface area contributed by atoms with Crippen molar-refractivity contribution < 1.29 is 8.78 Å². The Bertz CT molecular complexity index is 320. The van der Waals surface area contributed by atoms with Gasteiger partial charge in [-0.05, 0) is 31.3 Å². The van der Waals surface area contributed by atoms with Crippen LogP contribution >= 0.6 is 0 Å². The quantitative estimate of drug-likeness (QED) is 0.535. The van der Waals surface area contributed by atoms with E-state index in [2.05, 4.69) is 6.58 Å². The molecule has 102 valence electrons. The highest BCUT2D eigenvalue weighted by Gasteiger charge is 2.15. The zero-order valence-corrected chi connectivity index (χ0v) is 11.4. The lowest BCUT2D eigenvalue weighted by Gasteiger charge is -2.21. The van der Waals surface area contributed by atoms with E-state index in [0.29, 0.717) is 12.0 Å². The van der Waals surface area contributed by atoms with Gasteiger partial charge in [0.1, 0.15) is 12.5 Å². The van der Waals surface area contributed by atoms with Crippen molar-refractivity contribution >= 4 is 0 Å². The largest absolute Gasteiger partial charge is 0.246 e. The molecule has 0 amide bonds. The number of halogens is 2. The summed E-state index contributed by atoms with van der Waals surface area (Å²) in [6.07, 6.45) is 11.2. The summed E-state index contributed by atoms with van der Waals surface area (Å²) < 4.78 is 26.6. The van der Waals surface area contributed by atoms with Crippen LogP contribution in [0, 0.1) is 5.92 Å².